The van der Waals surface area contributed by atoms with Crippen LogP contribution in [0.5, 0.6) is 0 Å². The standard InChI is InChI=1S/C11H18N2S/c1-3-7-14-9-11-6-4-5-10(8-12)13(11)2/h6,10H,3-5,7,9H2,1-2H3. The summed E-state index contributed by atoms with van der Waals surface area (Å²) in [5, 5.41) is 8.93. The molecular formula is C11H18N2S. The van der Waals surface area contributed by atoms with E-state index in [-0.39, 0.29) is 6.04 Å². The van der Waals surface area contributed by atoms with Gasteiger partial charge in [0.25, 0.3) is 0 Å². The summed E-state index contributed by atoms with van der Waals surface area (Å²) in [7, 11) is 2.03. The maximum Gasteiger partial charge on any atom is 0.116 e. The fourth-order valence-electron chi connectivity index (χ4n) is 1.58. The summed E-state index contributed by atoms with van der Waals surface area (Å²) < 4.78 is 0. The van der Waals surface area contributed by atoms with Gasteiger partial charge in [0.2, 0.25) is 0 Å². The van der Waals surface area contributed by atoms with Crippen LogP contribution in [0.3, 0.4) is 0 Å². The molecule has 0 aromatic carbocycles. The number of hydrogen-bond donors (Lipinski definition) is 0. The van der Waals surface area contributed by atoms with Crippen LogP contribution in [-0.2, 0) is 0 Å². The van der Waals surface area contributed by atoms with Crippen molar-refractivity contribution in [1.82, 2.24) is 4.90 Å². The second kappa shape index (κ2) is 5.98. The Balaban J connectivity index is 2.44. The topological polar surface area (TPSA) is 27.0 Å². The summed E-state index contributed by atoms with van der Waals surface area (Å²) in [4.78, 5) is 2.13. The predicted molar refractivity (Wildman–Crippen MR) is 62.1 cm³/mol. The van der Waals surface area contributed by atoms with Crippen LogP contribution in [0.1, 0.15) is 26.2 Å². The Morgan fingerprint density at radius 3 is 3.14 bits per heavy atom. The van der Waals surface area contributed by atoms with Crippen molar-refractivity contribution >= 4 is 11.8 Å². The summed E-state index contributed by atoms with van der Waals surface area (Å²) in [5.74, 6) is 2.27. The maximum absolute atomic E-state index is 8.93. The molecule has 0 fully saturated rings. The van der Waals surface area contributed by atoms with Crippen molar-refractivity contribution in [3.63, 3.8) is 0 Å². The number of rotatable bonds is 4. The van der Waals surface area contributed by atoms with Crippen molar-refractivity contribution in [3.8, 4) is 6.07 Å². The van der Waals surface area contributed by atoms with Crippen LogP contribution in [0.4, 0.5) is 0 Å². The summed E-state index contributed by atoms with van der Waals surface area (Å²) in [6.07, 6.45) is 5.54. The molecule has 1 atom stereocenters. The molecule has 0 amide bonds. The molecule has 2 nitrogen and oxygen atoms in total. The van der Waals surface area contributed by atoms with Gasteiger partial charge in [-0.2, -0.15) is 17.0 Å². The zero-order valence-electron chi connectivity index (χ0n) is 8.99. The Bertz CT molecular complexity index is 242. The first-order chi connectivity index (χ1) is 6.79. The fourth-order valence-corrected chi connectivity index (χ4v) is 2.54. The molecule has 0 aromatic heterocycles. The molecule has 0 saturated carbocycles. The minimum absolute atomic E-state index is 0.0947. The molecule has 0 radical (unpaired) electrons. The van der Waals surface area contributed by atoms with Crippen LogP contribution in [0.15, 0.2) is 11.8 Å². The second-order valence-corrected chi connectivity index (χ2v) is 4.69. The van der Waals surface area contributed by atoms with E-state index < -0.39 is 0 Å². The number of allylic oxidation sites excluding steroid dienone is 1. The quantitative estimate of drug-likeness (QED) is 0.667. The van der Waals surface area contributed by atoms with Crippen molar-refractivity contribution in [2.24, 2.45) is 0 Å². The van der Waals surface area contributed by atoms with Gasteiger partial charge in [0.15, 0.2) is 0 Å². The Morgan fingerprint density at radius 1 is 1.71 bits per heavy atom. The first kappa shape index (κ1) is 11.5. The van der Waals surface area contributed by atoms with Gasteiger partial charge in [-0.05, 0) is 25.0 Å². The Labute approximate surface area is 91.0 Å². The summed E-state index contributed by atoms with van der Waals surface area (Å²) in [6, 6.07) is 2.44. The molecule has 1 aliphatic heterocycles. The van der Waals surface area contributed by atoms with Crippen molar-refractivity contribution in [2.45, 2.75) is 32.2 Å². The van der Waals surface area contributed by atoms with Gasteiger partial charge < -0.3 is 4.90 Å². The van der Waals surface area contributed by atoms with Gasteiger partial charge in [0.1, 0.15) is 6.04 Å². The molecule has 1 aliphatic rings. The van der Waals surface area contributed by atoms with E-state index in [1.165, 1.54) is 17.9 Å². The molecule has 1 rings (SSSR count). The van der Waals surface area contributed by atoms with E-state index in [4.69, 9.17) is 5.26 Å². The lowest BCUT2D eigenvalue weighted by Gasteiger charge is -2.30. The highest BCUT2D eigenvalue weighted by Gasteiger charge is 2.19. The Kier molecular flexibility index (Phi) is 4.89. The van der Waals surface area contributed by atoms with Crippen molar-refractivity contribution in [3.05, 3.63) is 11.8 Å². The van der Waals surface area contributed by atoms with Crippen molar-refractivity contribution < 1.29 is 0 Å². The van der Waals surface area contributed by atoms with Crippen LogP contribution >= 0.6 is 11.8 Å². The van der Waals surface area contributed by atoms with Gasteiger partial charge >= 0.3 is 0 Å². The lowest BCUT2D eigenvalue weighted by Crippen LogP contribution is -2.33. The van der Waals surface area contributed by atoms with E-state index in [9.17, 15) is 0 Å². The highest BCUT2D eigenvalue weighted by molar-refractivity contribution is 7.99. The van der Waals surface area contributed by atoms with E-state index in [0.29, 0.717) is 0 Å². The molecule has 0 saturated heterocycles. The van der Waals surface area contributed by atoms with E-state index in [1.807, 2.05) is 18.8 Å². The molecule has 0 aliphatic carbocycles. The zero-order valence-corrected chi connectivity index (χ0v) is 9.81. The van der Waals surface area contributed by atoms with Gasteiger partial charge in [-0.25, -0.2) is 0 Å². The molecule has 1 unspecified atom stereocenters. The molecule has 3 heteroatoms. The fraction of sp³-hybridized carbons (Fsp3) is 0.727. The molecule has 0 spiro atoms. The normalized spacial score (nSPS) is 21.6. The molecule has 78 valence electrons. The molecule has 14 heavy (non-hydrogen) atoms. The van der Waals surface area contributed by atoms with E-state index in [0.717, 1.165) is 18.6 Å². The number of hydrogen-bond acceptors (Lipinski definition) is 3. The van der Waals surface area contributed by atoms with Gasteiger partial charge in [-0.15, -0.1) is 0 Å². The molecule has 1 heterocycles. The Hall–Kier alpha value is -0.620. The monoisotopic (exact) mass is 210 g/mol. The first-order valence-corrected chi connectivity index (χ1v) is 6.34. The average molecular weight is 210 g/mol. The van der Waals surface area contributed by atoms with Crippen molar-refractivity contribution in [1.29, 1.82) is 5.26 Å². The number of nitrogens with zero attached hydrogens (tertiary/aromatic N) is 2. The van der Waals surface area contributed by atoms with E-state index in [1.54, 1.807) is 0 Å². The predicted octanol–water partition coefficient (Wildman–Crippen LogP) is 2.63. The number of nitriles is 1. The highest BCUT2D eigenvalue weighted by atomic mass is 32.2. The SMILES string of the molecule is CCCSCC1=CCCC(C#N)N1C. The average Bonchev–Trinajstić information content (AvgIpc) is 2.21. The summed E-state index contributed by atoms with van der Waals surface area (Å²) in [5.41, 5.74) is 1.33. The third kappa shape index (κ3) is 2.95. The largest absolute Gasteiger partial charge is 0.362 e. The smallest absolute Gasteiger partial charge is 0.116 e. The molecule has 0 N–H and O–H groups in total. The number of thioether (sulfide) groups is 1. The van der Waals surface area contributed by atoms with Gasteiger partial charge in [0.05, 0.1) is 6.07 Å². The molecular weight excluding hydrogens is 192 g/mol. The van der Waals surface area contributed by atoms with E-state index in [2.05, 4.69) is 24.0 Å². The van der Waals surface area contributed by atoms with Crippen LogP contribution in [0.2, 0.25) is 0 Å². The van der Waals surface area contributed by atoms with Crippen LogP contribution in [0, 0.1) is 11.3 Å². The van der Waals surface area contributed by atoms with Gasteiger partial charge in [-0.3, -0.25) is 0 Å². The van der Waals surface area contributed by atoms with Crippen molar-refractivity contribution in [2.75, 3.05) is 18.6 Å². The first-order valence-electron chi connectivity index (χ1n) is 5.18. The Morgan fingerprint density at radius 2 is 2.50 bits per heavy atom. The minimum Gasteiger partial charge on any atom is -0.362 e. The zero-order chi connectivity index (χ0) is 10.4. The van der Waals surface area contributed by atoms with Crippen LogP contribution < -0.4 is 0 Å². The van der Waals surface area contributed by atoms with E-state index >= 15 is 0 Å². The van der Waals surface area contributed by atoms with Gasteiger partial charge in [0, 0.05) is 18.5 Å². The maximum atomic E-state index is 8.93. The highest BCUT2D eigenvalue weighted by Crippen LogP contribution is 2.22. The van der Waals surface area contributed by atoms with Crippen LogP contribution in [-0.4, -0.2) is 29.5 Å². The third-order valence-corrected chi connectivity index (χ3v) is 3.68. The summed E-state index contributed by atoms with van der Waals surface area (Å²) >= 11 is 1.96. The van der Waals surface area contributed by atoms with Crippen LogP contribution in [0.25, 0.3) is 0 Å². The summed E-state index contributed by atoms with van der Waals surface area (Å²) in [6.45, 7) is 2.20. The lowest BCUT2D eigenvalue weighted by atomic mass is 10.1. The minimum atomic E-state index is 0.0947. The lowest BCUT2D eigenvalue weighted by molar-refractivity contribution is 0.328. The van der Waals surface area contributed by atoms with Gasteiger partial charge in [-0.1, -0.05) is 13.0 Å². The third-order valence-electron chi connectivity index (χ3n) is 2.49. The molecule has 0 aromatic rings. The second-order valence-electron chi connectivity index (χ2n) is 3.58. The molecule has 0 bridgehead atoms.